The standard InChI is InChI=1S/C34H49N3O5/c1-32(2,3)24-18-25(21-12-14-33(4,5)15-13-21)35-26-19-27(42-28(24)26)30(39)37-17-16-36(20-34(37,6)7)29(38)22-8-10-23(11-9-22)31(40)41/h18-19,21-23H,8-17,20H2,1-7H3,(H,40,41). The first-order valence-electron chi connectivity index (χ1n) is 15.8. The van der Waals surface area contributed by atoms with Crippen LogP contribution in [0.15, 0.2) is 16.5 Å². The molecule has 2 aromatic rings. The van der Waals surface area contributed by atoms with Crippen molar-refractivity contribution in [3.05, 3.63) is 29.2 Å². The summed E-state index contributed by atoms with van der Waals surface area (Å²) >= 11 is 0. The molecule has 8 nitrogen and oxygen atoms in total. The molecule has 2 saturated carbocycles. The number of furan rings is 1. The molecule has 5 rings (SSSR count). The fourth-order valence-corrected chi connectivity index (χ4v) is 7.31. The van der Waals surface area contributed by atoms with Crippen LogP contribution in [0.5, 0.6) is 0 Å². The van der Waals surface area contributed by atoms with Gasteiger partial charge in [-0.1, -0.05) is 34.6 Å². The molecule has 3 aliphatic rings. The van der Waals surface area contributed by atoms with Crippen molar-refractivity contribution < 1.29 is 23.9 Å². The molecule has 0 aromatic carbocycles. The second-order valence-corrected chi connectivity index (χ2v) is 15.5. The number of pyridine rings is 1. The molecule has 2 aliphatic carbocycles. The second kappa shape index (κ2) is 11.0. The zero-order valence-corrected chi connectivity index (χ0v) is 26.6. The van der Waals surface area contributed by atoms with Crippen molar-refractivity contribution in [3.63, 3.8) is 0 Å². The molecule has 230 valence electrons. The van der Waals surface area contributed by atoms with Gasteiger partial charge in [-0.25, -0.2) is 4.98 Å². The Balaban J connectivity index is 1.34. The highest BCUT2D eigenvalue weighted by Crippen LogP contribution is 2.44. The van der Waals surface area contributed by atoms with E-state index in [1.165, 1.54) is 12.8 Å². The quantitative estimate of drug-likeness (QED) is 0.429. The van der Waals surface area contributed by atoms with Crippen LogP contribution < -0.4 is 0 Å². The monoisotopic (exact) mass is 579 g/mol. The molecular weight excluding hydrogens is 530 g/mol. The van der Waals surface area contributed by atoms with Gasteiger partial charge in [0.15, 0.2) is 11.3 Å². The van der Waals surface area contributed by atoms with Gasteiger partial charge in [0.25, 0.3) is 5.91 Å². The van der Waals surface area contributed by atoms with Crippen molar-refractivity contribution in [3.8, 4) is 0 Å². The third-order valence-corrected chi connectivity index (χ3v) is 10.2. The van der Waals surface area contributed by atoms with Crippen LogP contribution in [0.3, 0.4) is 0 Å². The first-order chi connectivity index (χ1) is 19.6. The summed E-state index contributed by atoms with van der Waals surface area (Å²) < 4.78 is 6.33. The maximum absolute atomic E-state index is 13.9. The Morgan fingerprint density at radius 2 is 1.55 bits per heavy atom. The number of rotatable bonds is 4. The summed E-state index contributed by atoms with van der Waals surface area (Å²) in [6, 6.07) is 4.03. The average Bonchev–Trinajstić information content (AvgIpc) is 3.35. The number of amides is 2. The van der Waals surface area contributed by atoms with Gasteiger partial charge in [-0.05, 0) is 82.1 Å². The van der Waals surface area contributed by atoms with Crippen LogP contribution in [-0.2, 0) is 15.0 Å². The predicted molar refractivity (Wildman–Crippen MR) is 162 cm³/mol. The van der Waals surface area contributed by atoms with Crippen molar-refractivity contribution in [1.82, 2.24) is 14.8 Å². The molecule has 0 spiro atoms. The van der Waals surface area contributed by atoms with Gasteiger partial charge in [0.2, 0.25) is 5.91 Å². The van der Waals surface area contributed by atoms with Crippen LogP contribution in [0, 0.1) is 17.3 Å². The molecule has 42 heavy (non-hydrogen) atoms. The highest BCUT2D eigenvalue weighted by Gasteiger charge is 2.42. The highest BCUT2D eigenvalue weighted by atomic mass is 16.4. The zero-order chi connectivity index (χ0) is 30.6. The molecule has 8 heteroatoms. The molecule has 1 saturated heterocycles. The van der Waals surface area contributed by atoms with E-state index in [1.807, 2.05) is 29.7 Å². The van der Waals surface area contributed by atoms with Crippen LogP contribution >= 0.6 is 0 Å². The van der Waals surface area contributed by atoms with Gasteiger partial charge in [0.05, 0.1) is 11.5 Å². The summed E-state index contributed by atoms with van der Waals surface area (Å²) in [5, 5.41) is 9.30. The number of carboxylic acid groups (broad SMARTS) is 1. The molecule has 0 atom stereocenters. The lowest BCUT2D eigenvalue weighted by atomic mass is 9.72. The van der Waals surface area contributed by atoms with Crippen LogP contribution in [0.1, 0.15) is 128 Å². The van der Waals surface area contributed by atoms with E-state index in [-0.39, 0.29) is 29.1 Å². The minimum absolute atomic E-state index is 0.0837. The molecule has 0 radical (unpaired) electrons. The summed E-state index contributed by atoms with van der Waals surface area (Å²) in [6.07, 6.45) is 6.92. The predicted octanol–water partition coefficient (Wildman–Crippen LogP) is 6.76. The SMILES string of the molecule is CC1(C)CCC(c2cc(C(C)(C)C)c3oc(C(=O)N4CCN(C(=O)C5CCC(C(=O)O)CC5)CC4(C)C)cc3n2)CC1. The van der Waals surface area contributed by atoms with Gasteiger partial charge in [-0.15, -0.1) is 0 Å². The van der Waals surface area contributed by atoms with Crippen LogP contribution in [0.2, 0.25) is 0 Å². The number of aliphatic carboxylic acids is 1. The van der Waals surface area contributed by atoms with Crippen molar-refractivity contribution in [2.45, 2.75) is 117 Å². The van der Waals surface area contributed by atoms with Crippen LogP contribution in [0.25, 0.3) is 11.1 Å². The van der Waals surface area contributed by atoms with Gasteiger partial charge in [0.1, 0.15) is 5.52 Å². The number of aromatic nitrogens is 1. The first kappa shape index (κ1) is 30.6. The zero-order valence-electron chi connectivity index (χ0n) is 26.6. The number of nitrogens with zero attached hydrogens (tertiary/aromatic N) is 3. The largest absolute Gasteiger partial charge is 0.481 e. The van der Waals surface area contributed by atoms with Crippen molar-refractivity contribution in [2.75, 3.05) is 19.6 Å². The Hall–Kier alpha value is -2.90. The molecule has 0 unspecified atom stereocenters. The van der Waals surface area contributed by atoms with E-state index >= 15 is 0 Å². The van der Waals surface area contributed by atoms with Crippen molar-refractivity contribution >= 4 is 28.9 Å². The third-order valence-electron chi connectivity index (χ3n) is 10.2. The number of fused-ring (bicyclic) bond motifs is 1. The van der Waals surface area contributed by atoms with Crippen molar-refractivity contribution in [1.29, 1.82) is 0 Å². The molecule has 3 fully saturated rings. The molecule has 0 bridgehead atoms. The Kier molecular flexibility index (Phi) is 7.99. The second-order valence-electron chi connectivity index (χ2n) is 15.5. The Morgan fingerprint density at radius 1 is 0.929 bits per heavy atom. The minimum Gasteiger partial charge on any atom is -0.481 e. The summed E-state index contributed by atoms with van der Waals surface area (Å²) in [6.45, 7) is 16.5. The van der Waals surface area contributed by atoms with Crippen LogP contribution in [0.4, 0.5) is 0 Å². The smallest absolute Gasteiger partial charge is 0.306 e. The molecule has 1 aliphatic heterocycles. The van der Waals surface area contributed by atoms with Crippen LogP contribution in [-0.4, -0.2) is 62.8 Å². The summed E-state index contributed by atoms with van der Waals surface area (Å²) in [7, 11) is 0. The number of hydrogen-bond donors (Lipinski definition) is 1. The number of piperazine rings is 1. The lowest BCUT2D eigenvalue weighted by Crippen LogP contribution is -2.62. The van der Waals surface area contributed by atoms with E-state index in [4.69, 9.17) is 9.40 Å². The fourth-order valence-electron chi connectivity index (χ4n) is 7.31. The lowest BCUT2D eigenvalue weighted by molar-refractivity contribution is -0.147. The Bertz CT molecular complexity index is 1350. The first-order valence-corrected chi connectivity index (χ1v) is 15.8. The average molecular weight is 580 g/mol. The topological polar surface area (TPSA) is 104 Å². The summed E-state index contributed by atoms with van der Waals surface area (Å²) in [4.78, 5) is 47.4. The minimum atomic E-state index is -0.765. The van der Waals surface area contributed by atoms with E-state index < -0.39 is 11.5 Å². The van der Waals surface area contributed by atoms with E-state index in [2.05, 4.69) is 40.7 Å². The highest BCUT2D eigenvalue weighted by molar-refractivity contribution is 5.96. The van der Waals surface area contributed by atoms with Gasteiger partial charge in [0, 0.05) is 48.8 Å². The van der Waals surface area contributed by atoms with Gasteiger partial charge in [-0.3, -0.25) is 14.4 Å². The van der Waals surface area contributed by atoms with E-state index in [1.54, 1.807) is 0 Å². The Labute approximate surface area is 250 Å². The normalized spacial score (nSPS) is 25.0. The van der Waals surface area contributed by atoms with E-state index in [9.17, 15) is 19.5 Å². The molecule has 2 aromatic heterocycles. The van der Waals surface area contributed by atoms with E-state index in [0.29, 0.717) is 68.0 Å². The fraction of sp³-hybridized carbons (Fsp3) is 0.706. The maximum Gasteiger partial charge on any atom is 0.306 e. The number of carbonyl (C=O) groups is 3. The molecule has 2 amide bonds. The number of hydrogen-bond acceptors (Lipinski definition) is 5. The summed E-state index contributed by atoms with van der Waals surface area (Å²) in [5.74, 6) is -0.624. The third kappa shape index (κ3) is 6.09. The molecular formula is C34H49N3O5. The van der Waals surface area contributed by atoms with Crippen molar-refractivity contribution in [2.24, 2.45) is 17.3 Å². The van der Waals surface area contributed by atoms with Gasteiger partial charge >= 0.3 is 5.97 Å². The van der Waals surface area contributed by atoms with Gasteiger partial charge < -0.3 is 19.3 Å². The number of carboxylic acids is 1. The lowest BCUT2D eigenvalue weighted by Gasteiger charge is -2.47. The summed E-state index contributed by atoms with van der Waals surface area (Å²) in [5.41, 5.74) is 3.25. The maximum atomic E-state index is 13.9. The molecule has 1 N–H and O–H groups in total. The van der Waals surface area contributed by atoms with E-state index in [0.717, 1.165) is 29.6 Å². The molecule has 3 heterocycles. The van der Waals surface area contributed by atoms with Gasteiger partial charge in [-0.2, -0.15) is 0 Å². The number of carbonyl (C=O) groups excluding carboxylic acids is 2. The Morgan fingerprint density at radius 3 is 2.12 bits per heavy atom.